The van der Waals surface area contributed by atoms with E-state index in [1.807, 2.05) is 0 Å². The number of hydrogen-bond donors (Lipinski definition) is 6. The van der Waals surface area contributed by atoms with E-state index in [4.69, 9.17) is 21.7 Å². The maximum absolute atomic E-state index is 9.55. The molecule has 0 heterocycles. The van der Waals surface area contributed by atoms with E-state index in [2.05, 4.69) is 10.6 Å². The molecule has 8 N–H and O–H groups in total. The van der Waals surface area contributed by atoms with Crippen LogP contribution in [0.3, 0.4) is 0 Å². The van der Waals surface area contributed by atoms with Crippen LogP contribution in [-0.2, 0) is 9.59 Å². The molecule has 18 heavy (non-hydrogen) atoms. The van der Waals surface area contributed by atoms with E-state index in [0.717, 1.165) is 26.2 Å². The van der Waals surface area contributed by atoms with Gasteiger partial charge in [-0.15, -0.1) is 0 Å². The first kappa shape index (κ1) is 18.9. The van der Waals surface area contributed by atoms with E-state index < -0.39 is 11.9 Å². The molecule has 0 atom stereocenters. The van der Waals surface area contributed by atoms with Gasteiger partial charge in [-0.05, 0) is 0 Å². The van der Waals surface area contributed by atoms with Crippen LogP contribution in [0.2, 0.25) is 0 Å². The highest BCUT2D eigenvalue weighted by Crippen LogP contribution is 1.70. The summed E-state index contributed by atoms with van der Waals surface area (Å²) in [6.07, 6.45) is 1.12. The molecule has 0 radical (unpaired) electrons. The van der Waals surface area contributed by atoms with Crippen molar-refractivity contribution in [1.82, 2.24) is 10.6 Å². The molecule has 0 unspecified atom stereocenters. The topological polar surface area (TPSA) is 151 Å². The third-order valence-corrected chi connectivity index (χ3v) is 1.49. The van der Waals surface area contributed by atoms with Crippen LogP contribution in [0.25, 0.3) is 0 Å². The van der Waals surface area contributed by atoms with Gasteiger partial charge in [-0.25, -0.2) is 9.59 Å². The molecule has 0 saturated heterocycles. The molecule has 0 aliphatic rings. The maximum atomic E-state index is 9.55. The Morgan fingerprint density at radius 1 is 0.833 bits per heavy atom. The van der Waals surface area contributed by atoms with E-state index in [-0.39, 0.29) is 0 Å². The predicted octanol–water partition coefficient (Wildman–Crippen LogP) is -2.21. The summed E-state index contributed by atoms with van der Waals surface area (Å²) in [7, 11) is 0. The standard InChI is InChI=1S/C6H18N4.C4H4O4/c7-1-3-9-5-6-10-4-2-8;5-3(6)1-2-4(7)8/h9-10H,1-8H2;1-2H,(H,5,6)(H,7,8). The van der Waals surface area contributed by atoms with Gasteiger partial charge in [0.15, 0.2) is 0 Å². The van der Waals surface area contributed by atoms with E-state index in [9.17, 15) is 9.59 Å². The maximum Gasteiger partial charge on any atom is 0.328 e. The average molecular weight is 262 g/mol. The number of carbonyl (C=O) groups is 2. The van der Waals surface area contributed by atoms with E-state index >= 15 is 0 Å². The SMILES string of the molecule is NCCNCCNCCN.O=C(O)C=CC(=O)O. The Balaban J connectivity index is 0. The van der Waals surface area contributed by atoms with E-state index in [0.29, 0.717) is 25.2 Å². The van der Waals surface area contributed by atoms with Crippen molar-refractivity contribution in [2.45, 2.75) is 0 Å². The second-order valence-corrected chi connectivity index (χ2v) is 3.09. The molecule has 8 heteroatoms. The molecular weight excluding hydrogens is 240 g/mol. The third-order valence-electron chi connectivity index (χ3n) is 1.49. The van der Waals surface area contributed by atoms with Crippen molar-refractivity contribution in [2.24, 2.45) is 11.5 Å². The smallest absolute Gasteiger partial charge is 0.328 e. The lowest BCUT2D eigenvalue weighted by molar-refractivity contribution is -0.134. The Hall–Kier alpha value is -1.48. The molecule has 0 aliphatic heterocycles. The lowest BCUT2D eigenvalue weighted by atomic mass is 10.5. The van der Waals surface area contributed by atoms with Crippen molar-refractivity contribution in [3.63, 3.8) is 0 Å². The quantitative estimate of drug-likeness (QED) is 0.202. The van der Waals surface area contributed by atoms with Crippen LogP contribution >= 0.6 is 0 Å². The Labute approximate surface area is 106 Å². The number of hydrogen-bond acceptors (Lipinski definition) is 6. The summed E-state index contributed by atoms with van der Waals surface area (Å²) in [5.41, 5.74) is 10.5. The molecule has 0 bridgehead atoms. The summed E-state index contributed by atoms with van der Waals surface area (Å²) in [5.74, 6) is -2.51. The Kier molecular flexibility index (Phi) is 16.3. The van der Waals surface area contributed by atoms with Crippen molar-refractivity contribution >= 4 is 11.9 Å². The Morgan fingerprint density at radius 3 is 1.39 bits per heavy atom. The van der Waals surface area contributed by atoms with Crippen LogP contribution in [0.1, 0.15) is 0 Å². The Bertz CT molecular complexity index is 222. The lowest BCUT2D eigenvalue weighted by Crippen LogP contribution is -2.32. The molecule has 0 aromatic carbocycles. The normalized spacial score (nSPS) is 9.89. The van der Waals surface area contributed by atoms with Gasteiger partial charge in [0.05, 0.1) is 0 Å². The lowest BCUT2D eigenvalue weighted by Gasteiger charge is -2.03. The number of carboxylic acid groups (broad SMARTS) is 2. The van der Waals surface area contributed by atoms with Crippen molar-refractivity contribution in [1.29, 1.82) is 0 Å². The van der Waals surface area contributed by atoms with Crippen molar-refractivity contribution in [3.05, 3.63) is 12.2 Å². The first-order chi connectivity index (χ1) is 8.54. The molecule has 0 rings (SSSR count). The highest BCUT2D eigenvalue weighted by molar-refractivity contribution is 5.89. The van der Waals surface area contributed by atoms with Gasteiger partial charge in [0.2, 0.25) is 0 Å². The molecule has 0 saturated carbocycles. The van der Waals surface area contributed by atoms with Crippen molar-refractivity contribution < 1.29 is 19.8 Å². The van der Waals surface area contributed by atoms with Crippen molar-refractivity contribution in [3.8, 4) is 0 Å². The van der Waals surface area contributed by atoms with Gasteiger partial charge in [-0.1, -0.05) is 0 Å². The van der Waals surface area contributed by atoms with Gasteiger partial charge < -0.3 is 32.3 Å². The highest BCUT2D eigenvalue weighted by Gasteiger charge is 1.88. The van der Waals surface area contributed by atoms with Gasteiger partial charge in [0, 0.05) is 51.4 Å². The largest absolute Gasteiger partial charge is 0.478 e. The number of carboxylic acids is 2. The summed E-state index contributed by atoms with van der Waals surface area (Å²) < 4.78 is 0. The third kappa shape index (κ3) is 24.0. The van der Waals surface area contributed by atoms with Crippen LogP contribution in [0.5, 0.6) is 0 Å². The fourth-order valence-corrected chi connectivity index (χ4v) is 0.773. The first-order valence-corrected chi connectivity index (χ1v) is 5.50. The predicted molar refractivity (Wildman–Crippen MR) is 68.3 cm³/mol. The fraction of sp³-hybridized carbons (Fsp3) is 0.600. The van der Waals surface area contributed by atoms with Gasteiger partial charge in [0.1, 0.15) is 0 Å². The molecule has 0 aromatic heterocycles. The number of nitrogens with one attached hydrogen (secondary N) is 2. The molecule has 0 aromatic rings. The minimum atomic E-state index is -1.26. The summed E-state index contributed by atoms with van der Waals surface area (Å²) in [4.78, 5) is 19.1. The van der Waals surface area contributed by atoms with Gasteiger partial charge in [-0.3, -0.25) is 0 Å². The minimum absolute atomic E-state index is 0.558. The molecule has 0 amide bonds. The van der Waals surface area contributed by atoms with Gasteiger partial charge >= 0.3 is 11.9 Å². The molecule has 0 fully saturated rings. The number of nitrogens with two attached hydrogens (primary N) is 2. The molecule has 8 nitrogen and oxygen atoms in total. The summed E-state index contributed by atoms with van der Waals surface area (Å²) >= 11 is 0. The van der Waals surface area contributed by atoms with Crippen LogP contribution in [0.4, 0.5) is 0 Å². The second-order valence-electron chi connectivity index (χ2n) is 3.09. The monoisotopic (exact) mass is 262 g/mol. The molecule has 0 aliphatic carbocycles. The van der Waals surface area contributed by atoms with Crippen LogP contribution < -0.4 is 22.1 Å². The van der Waals surface area contributed by atoms with Crippen molar-refractivity contribution in [2.75, 3.05) is 39.3 Å². The average Bonchev–Trinajstić information content (AvgIpc) is 2.32. The summed E-state index contributed by atoms with van der Waals surface area (Å²) in [5, 5.41) is 22.0. The van der Waals surface area contributed by atoms with Crippen LogP contribution in [0.15, 0.2) is 12.2 Å². The van der Waals surface area contributed by atoms with E-state index in [1.54, 1.807) is 0 Å². The van der Waals surface area contributed by atoms with Crippen LogP contribution in [0, 0.1) is 0 Å². The number of rotatable bonds is 9. The van der Waals surface area contributed by atoms with Gasteiger partial charge in [0.25, 0.3) is 0 Å². The molecular formula is C10H22N4O4. The van der Waals surface area contributed by atoms with E-state index in [1.165, 1.54) is 0 Å². The van der Waals surface area contributed by atoms with Gasteiger partial charge in [-0.2, -0.15) is 0 Å². The molecule has 106 valence electrons. The summed E-state index contributed by atoms with van der Waals surface area (Å²) in [6, 6.07) is 0. The fourth-order valence-electron chi connectivity index (χ4n) is 0.773. The highest BCUT2D eigenvalue weighted by atomic mass is 16.4. The first-order valence-electron chi connectivity index (χ1n) is 5.50. The second kappa shape index (κ2) is 15.5. The zero-order valence-corrected chi connectivity index (χ0v) is 10.3. The molecule has 0 spiro atoms. The Morgan fingerprint density at radius 2 is 1.17 bits per heavy atom. The van der Waals surface area contributed by atoms with Crippen LogP contribution in [-0.4, -0.2) is 61.4 Å². The summed E-state index contributed by atoms with van der Waals surface area (Å²) in [6.45, 7) is 5.14. The zero-order valence-electron chi connectivity index (χ0n) is 10.3. The minimum Gasteiger partial charge on any atom is -0.478 e. The zero-order chi connectivity index (χ0) is 14.2. The number of aliphatic carboxylic acids is 2.